The summed E-state index contributed by atoms with van der Waals surface area (Å²) in [7, 11) is 0. The van der Waals surface area contributed by atoms with E-state index in [-0.39, 0.29) is 6.07 Å². The number of rotatable bonds is 11. The Kier molecular flexibility index (Phi) is 12.5. The van der Waals surface area contributed by atoms with Gasteiger partial charge in [0.1, 0.15) is 5.38 Å². The summed E-state index contributed by atoms with van der Waals surface area (Å²) in [6.07, 6.45) is 10.6. The van der Waals surface area contributed by atoms with Crippen LogP contribution >= 0.6 is 23.2 Å². The minimum atomic E-state index is -0.533. The zero-order chi connectivity index (χ0) is 12.9. The number of hydrogen-bond acceptors (Lipinski definition) is 2. The summed E-state index contributed by atoms with van der Waals surface area (Å²) < 4.78 is 4.62. The van der Waals surface area contributed by atoms with Gasteiger partial charge in [0.05, 0.1) is 0 Å². The van der Waals surface area contributed by atoms with Gasteiger partial charge in [-0.15, -0.1) is 11.6 Å². The molecule has 0 saturated carbocycles. The van der Waals surface area contributed by atoms with Crippen molar-refractivity contribution in [3.63, 3.8) is 0 Å². The molecule has 4 heteroatoms. The Morgan fingerprint density at radius 3 is 2.12 bits per heavy atom. The highest BCUT2D eigenvalue weighted by atomic mass is 35.5. The van der Waals surface area contributed by atoms with E-state index in [1.807, 2.05) is 0 Å². The molecule has 0 bridgehead atoms. The van der Waals surface area contributed by atoms with Crippen LogP contribution in [0.3, 0.4) is 0 Å². The van der Waals surface area contributed by atoms with Crippen LogP contribution < -0.4 is 0 Å². The van der Waals surface area contributed by atoms with Crippen LogP contribution in [0, 0.1) is 0 Å². The first-order valence-electron chi connectivity index (χ1n) is 6.59. The van der Waals surface area contributed by atoms with Crippen molar-refractivity contribution < 1.29 is 9.53 Å². The van der Waals surface area contributed by atoms with Crippen LogP contribution in [0.15, 0.2) is 0 Å². The first-order chi connectivity index (χ1) is 8.22. The summed E-state index contributed by atoms with van der Waals surface area (Å²) in [6, 6.07) is -0.112. The number of halogens is 2. The standard InChI is InChI=1S/C13H24Cl2O2/c1-2-3-4-5-6-7-8-9-10-12(15)13(16)17-11-14/h12H,2-11H2,1H3. The molecule has 0 heterocycles. The van der Waals surface area contributed by atoms with Gasteiger partial charge in [0, 0.05) is 0 Å². The highest BCUT2D eigenvalue weighted by molar-refractivity contribution is 6.30. The summed E-state index contributed by atoms with van der Waals surface area (Å²) in [5, 5.41) is -0.533. The number of alkyl halides is 2. The number of ether oxygens (including phenoxy) is 1. The lowest BCUT2D eigenvalue weighted by Gasteiger charge is -2.07. The normalized spacial score (nSPS) is 12.4. The molecular weight excluding hydrogens is 259 g/mol. The second-order valence-electron chi connectivity index (χ2n) is 4.30. The quantitative estimate of drug-likeness (QED) is 0.307. The molecule has 1 unspecified atom stereocenters. The molecule has 1 atom stereocenters. The van der Waals surface area contributed by atoms with Gasteiger partial charge in [-0.05, 0) is 6.42 Å². The third-order valence-electron chi connectivity index (χ3n) is 2.76. The van der Waals surface area contributed by atoms with Gasteiger partial charge < -0.3 is 4.74 Å². The van der Waals surface area contributed by atoms with Crippen molar-refractivity contribution in [2.75, 3.05) is 6.07 Å². The van der Waals surface area contributed by atoms with Gasteiger partial charge in [0.2, 0.25) is 0 Å². The highest BCUT2D eigenvalue weighted by Crippen LogP contribution is 2.13. The predicted molar refractivity (Wildman–Crippen MR) is 73.7 cm³/mol. The molecule has 2 nitrogen and oxygen atoms in total. The lowest BCUT2D eigenvalue weighted by Crippen LogP contribution is -2.17. The van der Waals surface area contributed by atoms with Crippen LogP contribution in [-0.2, 0) is 9.53 Å². The number of esters is 1. The molecule has 0 aromatic rings. The second-order valence-corrected chi connectivity index (χ2v) is 5.05. The summed E-state index contributed by atoms with van der Waals surface area (Å²) >= 11 is 11.1. The molecule has 0 aliphatic heterocycles. The largest absolute Gasteiger partial charge is 0.448 e. The van der Waals surface area contributed by atoms with E-state index in [0.717, 1.165) is 12.8 Å². The van der Waals surface area contributed by atoms with Crippen molar-refractivity contribution in [3.05, 3.63) is 0 Å². The first kappa shape index (κ1) is 17.1. The fourth-order valence-corrected chi connectivity index (χ4v) is 2.04. The molecule has 0 saturated heterocycles. The number of carbonyl (C=O) groups is 1. The van der Waals surface area contributed by atoms with Crippen molar-refractivity contribution in [3.8, 4) is 0 Å². The van der Waals surface area contributed by atoms with E-state index in [4.69, 9.17) is 23.2 Å². The van der Waals surface area contributed by atoms with Gasteiger partial charge in [0.15, 0.2) is 6.07 Å². The van der Waals surface area contributed by atoms with Crippen LogP contribution in [0.5, 0.6) is 0 Å². The fourth-order valence-electron chi connectivity index (χ4n) is 1.72. The molecule has 0 rings (SSSR count). The van der Waals surface area contributed by atoms with Crippen molar-refractivity contribution in [1.29, 1.82) is 0 Å². The van der Waals surface area contributed by atoms with Crippen LogP contribution in [-0.4, -0.2) is 17.4 Å². The van der Waals surface area contributed by atoms with E-state index in [2.05, 4.69) is 11.7 Å². The molecule has 0 aliphatic rings. The molecular formula is C13H24Cl2O2. The molecule has 0 radical (unpaired) electrons. The van der Waals surface area contributed by atoms with Crippen LogP contribution in [0.1, 0.15) is 64.7 Å². The smallest absolute Gasteiger partial charge is 0.325 e. The maximum absolute atomic E-state index is 11.1. The van der Waals surface area contributed by atoms with Gasteiger partial charge >= 0.3 is 5.97 Å². The fraction of sp³-hybridized carbons (Fsp3) is 0.923. The molecule has 0 aromatic heterocycles. The number of carbonyl (C=O) groups excluding carboxylic acids is 1. The maximum atomic E-state index is 11.1. The minimum Gasteiger partial charge on any atom is -0.448 e. The van der Waals surface area contributed by atoms with Gasteiger partial charge in [-0.1, -0.05) is 69.9 Å². The van der Waals surface area contributed by atoms with Gasteiger partial charge in [-0.2, -0.15) is 0 Å². The predicted octanol–water partition coefficient (Wildman–Crippen LogP) is 4.86. The third kappa shape index (κ3) is 10.9. The third-order valence-corrected chi connectivity index (χ3v) is 3.27. The Bertz CT molecular complexity index is 186. The van der Waals surface area contributed by atoms with E-state index < -0.39 is 11.3 Å². The van der Waals surface area contributed by atoms with E-state index in [9.17, 15) is 4.79 Å². The molecule has 0 fully saturated rings. The van der Waals surface area contributed by atoms with Gasteiger partial charge in [0.25, 0.3) is 0 Å². The Balaban J connectivity index is 3.24. The topological polar surface area (TPSA) is 26.3 Å². The molecule has 17 heavy (non-hydrogen) atoms. The first-order valence-corrected chi connectivity index (χ1v) is 7.56. The van der Waals surface area contributed by atoms with E-state index in [0.29, 0.717) is 6.42 Å². The van der Waals surface area contributed by atoms with Gasteiger partial charge in [-0.3, -0.25) is 4.79 Å². The van der Waals surface area contributed by atoms with E-state index in [1.54, 1.807) is 0 Å². The average molecular weight is 283 g/mol. The lowest BCUT2D eigenvalue weighted by molar-refractivity contribution is -0.141. The number of unbranched alkanes of at least 4 members (excludes halogenated alkanes) is 7. The highest BCUT2D eigenvalue weighted by Gasteiger charge is 2.15. The molecule has 0 aliphatic carbocycles. The lowest BCUT2D eigenvalue weighted by atomic mass is 10.1. The Labute approximate surface area is 115 Å². The molecule has 0 spiro atoms. The summed E-state index contributed by atoms with van der Waals surface area (Å²) in [5.41, 5.74) is 0. The molecule has 0 aromatic carbocycles. The zero-order valence-electron chi connectivity index (χ0n) is 10.7. The van der Waals surface area contributed by atoms with E-state index >= 15 is 0 Å². The van der Waals surface area contributed by atoms with Crippen molar-refractivity contribution in [2.24, 2.45) is 0 Å². The van der Waals surface area contributed by atoms with Crippen LogP contribution in [0.2, 0.25) is 0 Å². The SMILES string of the molecule is CCCCCCCCCCC(Cl)C(=O)OCCl. The summed E-state index contributed by atoms with van der Waals surface area (Å²) in [6.45, 7) is 2.22. The monoisotopic (exact) mass is 282 g/mol. The Hall–Kier alpha value is 0.0500. The van der Waals surface area contributed by atoms with Crippen molar-refractivity contribution >= 4 is 29.2 Å². The summed E-state index contributed by atoms with van der Waals surface area (Å²) in [4.78, 5) is 11.1. The van der Waals surface area contributed by atoms with E-state index in [1.165, 1.54) is 38.5 Å². The average Bonchev–Trinajstić information content (AvgIpc) is 2.32. The van der Waals surface area contributed by atoms with Crippen molar-refractivity contribution in [1.82, 2.24) is 0 Å². The molecule has 0 N–H and O–H groups in total. The second kappa shape index (κ2) is 12.5. The van der Waals surface area contributed by atoms with Gasteiger partial charge in [-0.25, -0.2) is 0 Å². The maximum Gasteiger partial charge on any atom is 0.325 e. The van der Waals surface area contributed by atoms with Crippen molar-refractivity contribution in [2.45, 2.75) is 70.1 Å². The van der Waals surface area contributed by atoms with Crippen LogP contribution in [0.25, 0.3) is 0 Å². The molecule has 0 amide bonds. The minimum absolute atomic E-state index is 0.112. The summed E-state index contributed by atoms with van der Waals surface area (Å²) in [5.74, 6) is -0.399. The number of hydrogen-bond donors (Lipinski definition) is 0. The van der Waals surface area contributed by atoms with Crippen LogP contribution in [0.4, 0.5) is 0 Å². The zero-order valence-corrected chi connectivity index (χ0v) is 12.2. The molecule has 102 valence electrons. The Morgan fingerprint density at radius 2 is 1.59 bits per heavy atom. The Morgan fingerprint density at radius 1 is 1.06 bits per heavy atom.